The van der Waals surface area contributed by atoms with Gasteiger partial charge in [-0.1, -0.05) is 23.9 Å². The Labute approximate surface area is 114 Å². The Hall–Kier alpha value is -0.870. The van der Waals surface area contributed by atoms with Crippen molar-refractivity contribution in [2.75, 3.05) is 0 Å². The van der Waals surface area contributed by atoms with E-state index in [-0.39, 0.29) is 5.25 Å². The maximum Gasteiger partial charge on any atom is 0.151 e. The molecule has 2 aliphatic rings. The van der Waals surface area contributed by atoms with Gasteiger partial charge in [0.05, 0.1) is 15.5 Å². The van der Waals surface area contributed by atoms with Crippen LogP contribution in [-0.4, -0.2) is 16.0 Å². The molecule has 1 aromatic heterocycles. The molecule has 1 heterocycles. The Bertz CT molecular complexity index is 588. The highest BCUT2D eigenvalue weighted by atomic mass is 32.2. The Morgan fingerprint density at radius 3 is 2.94 bits per heavy atom. The number of fused-ring (bicyclic) bond motifs is 3. The molecule has 3 atom stereocenters. The minimum absolute atomic E-state index is 0.185. The maximum atomic E-state index is 12.1. The summed E-state index contributed by atoms with van der Waals surface area (Å²) in [5, 5.41) is 0.185. The number of Topliss-reactive ketones (excluding diaryl/α,β-unsaturated/α-hetero) is 1. The van der Waals surface area contributed by atoms with E-state index >= 15 is 0 Å². The molecule has 0 spiro atoms. The molecule has 1 aromatic carbocycles. The lowest BCUT2D eigenvalue weighted by Crippen LogP contribution is -2.24. The first-order valence-corrected chi connectivity index (χ1v) is 8.07. The zero-order chi connectivity index (χ0) is 12.1. The largest absolute Gasteiger partial charge is 0.298 e. The number of hydrogen-bond donors (Lipinski definition) is 0. The number of para-hydroxylation sites is 1. The van der Waals surface area contributed by atoms with Gasteiger partial charge in [0.15, 0.2) is 4.34 Å². The van der Waals surface area contributed by atoms with Crippen molar-refractivity contribution >= 4 is 39.1 Å². The SMILES string of the molecule is O=C1[C@H]2CC[C@@H](C2)[C@@H]1Sc1nc2ccccc2s1. The number of carbonyl (C=O) groups excluding carboxylic acids is 1. The van der Waals surface area contributed by atoms with Gasteiger partial charge in [0.2, 0.25) is 0 Å². The molecule has 0 amide bonds. The molecule has 0 unspecified atom stereocenters. The standard InChI is InChI=1S/C14H13NOS2/c16-12-8-5-6-9(7-8)13(12)18-14-15-10-3-1-2-4-11(10)17-14/h1-4,8-9,13H,5-7H2/t8-,9-,13-/m0/s1. The zero-order valence-corrected chi connectivity index (χ0v) is 11.5. The number of ketones is 1. The number of carbonyl (C=O) groups is 1. The monoisotopic (exact) mass is 275 g/mol. The fourth-order valence-electron chi connectivity index (χ4n) is 3.18. The molecule has 0 saturated heterocycles. The quantitative estimate of drug-likeness (QED) is 0.836. The summed E-state index contributed by atoms with van der Waals surface area (Å²) in [4.78, 5) is 16.8. The van der Waals surface area contributed by atoms with E-state index in [1.165, 1.54) is 11.1 Å². The van der Waals surface area contributed by atoms with E-state index in [9.17, 15) is 4.79 Å². The van der Waals surface area contributed by atoms with E-state index in [1.807, 2.05) is 18.2 Å². The van der Waals surface area contributed by atoms with Gasteiger partial charge in [0, 0.05) is 5.92 Å². The van der Waals surface area contributed by atoms with E-state index < -0.39 is 0 Å². The lowest BCUT2D eigenvalue weighted by atomic mass is 9.99. The highest BCUT2D eigenvalue weighted by molar-refractivity contribution is 8.02. The van der Waals surface area contributed by atoms with Crippen LogP contribution in [-0.2, 0) is 4.79 Å². The summed E-state index contributed by atoms with van der Waals surface area (Å²) in [5.41, 5.74) is 1.06. The minimum Gasteiger partial charge on any atom is -0.298 e. The number of thioether (sulfide) groups is 1. The van der Waals surface area contributed by atoms with E-state index in [4.69, 9.17) is 0 Å². The second-order valence-corrected chi connectivity index (χ2v) is 7.58. The van der Waals surface area contributed by atoms with Gasteiger partial charge < -0.3 is 0 Å². The van der Waals surface area contributed by atoms with Crippen LogP contribution in [0.1, 0.15) is 19.3 Å². The Kier molecular flexibility index (Phi) is 2.49. The first-order valence-electron chi connectivity index (χ1n) is 6.37. The van der Waals surface area contributed by atoms with Crippen molar-refractivity contribution in [3.05, 3.63) is 24.3 Å². The molecule has 4 rings (SSSR count). The van der Waals surface area contributed by atoms with E-state index in [1.54, 1.807) is 23.1 Å². The van der Waals surface area contributed by atoms with Crippen LogP contribution >= 0.6 is 23.1 Å². The molecule has 0 N–H and O–H groups in total. The summed E-state index contributed by atoms with van der Waals surface area (Å²) in [5.74, 6) is 1.46. The van der Waals surface area contributed by atoms with E-state index in [0.29, 0.717) is 17.6 Å². The van der Waals surface area contributed by atoms with Crippen molar-refractivity contribution in [1.82, 2.24) is 4.98 Å². The van der Waals surface area contributed by atoms with Crippen LogP contribution in [0.15, 0.2) is 28.6 Å². The third-order valence-electron chi connectivity index (χ3n) is 4.09. The third kappa shape index (κ3) is 1.62. The summed E-state index contributed by atoms with van der Waals surface area (Å²) in [6, 6.07) is 8.19. The summed E-state index contributed by atoms with van der Waals surface area (Å²) in [7, 11) is 0. The fourth-order valence-corrected chi connectivity index (χ4v) is 5.77. The van der Waals surface area contributed by atoms with Crippen molar-refractivity contribution in [2.24, 2.45) is 11.8 Å². The molecule has 2 fully saturated rings. The lowest BCUT2D eigenvalue weighted by Gasteiger charge is -2.18. The van der Waals surface area contributed by atoms with Crippen molar-refractivity contribution in [1.29, 1.82) is 0 Å². The van der Waals surface area contributed by atoms with Gasteiger partial charge in [0.1, 0.15) is 5.78 Å². The van der Waals surface area contributed by atoms with Gasteiger partial charge in [-0.05, 0) is 37.3 Å². The summed E-state index contributed by atoms with van der Waals surface area (Å²) < 4.78 is 2.28. The second-order valence-electron chi connectivity index (χ2n) is 5.16. The van der Waals surface area contributed by atoms with Gasteiger partial charge in [0.25, 0.3) is 0 Å². The molecule has 2 aromatic rings. The average Bonchev–Trinajstić information content (AvgIpc) is 3.05. The Balaban J connectivity index is 1.63. The number of nitrogens with zero attached hydrogens (tertiary/aromatic N) is 1. The normalized spacial score (nSPS) is 30.4. The Morgan fingerprint density at radius 1 is 1.28 bits per heavy atom. The molecular weight excluding hydrogens is 262 g/mol. The van der Waals surface area contributed by atoms with Gasteiger partial charge in [-0.2, -0.15) is 0 Å². The molecule has 2 saturated carbocycles. The molecule has 2 aliphatic carbocycles. The molecule has 2 bridgehead atoms. The number of thiazole rings is 1. The van der Waals surface area contributed by atoms with Gasteiger partial charge in [-0.15, -0.1) is 11.3 Å². The van der Waals surface area contributed by atoms with Gasteiger partial charge >= 0.3 is 0 Å². The smallest absolute Gasteiger partial charge is 0.151 e. The van der Waals surface area contributed by atoms with Crippen LogP contribution in [0.4, 0.5) is 0 Å². The molecule has 2 nitrogen and oxygen atoms in total. The van der Waals surface area contributed by atoms with Gasteiger partial charge in [-0.3, -0.25) is 4.79 Å². The number of rotatable bonds is 2. The number of aromatic nitrogens is 1. The number of benzene rings is 1. The minimum atomic E-state index is 0.185. The van der Waals surface area contributed by atoms with Crippen molar-refractivity contribution in [2.45, 2.75) is 28.9 Å². The predicted octanol–water partition coefficient (Wildman–Crippen LogP) is 3.76. The zero-order valence-electron chi connectivity index (χ0n) is 9.83. The first kappa shape index (κ1) is 11.0. The summed E-state index contributed by atoms with van der Waals surface area (Å²) >= 11 is 3.42. The average molecular weight is 275 g/mol. The van der Waals surface area contributed by atoms with Crippen molar-refractivity contribution in [3.63, 3.8) is 0 Å². The summed E-state index contributed by atoms with van der Waals surface area (Å²) in [6.45, 7) is 0. The molecule has 0 radical (unpaired) electrons. The topological polar surface area (TPSA) is 30.0 Å². The van der Waals surface area contributed by atoms with Crippen LogP contribution < -0.4 is 0 Å². The van der Waals surface area contributed by atoms with Crippen LogP contribution in [0.5, 0.6) is 0 Å². The first-order chi connectivity index (χ1) is 8.81. The second kappa shape index (κ2) is 4.07. The molecule has 18 heavy (non-hydrogen) atoms. The molecule has 4 heteroatoms. The highest BCUT2D eigenvalue weighted by Gasteiger charge is 2.47. The molecule has 92 valence electrons. The van der Waals surface area contributed by atoms with Crippen LogP contribution in [0, 0.1) is 11.8 Å². The lowest BCUT2D eigenvalue weighted by molar-refractivity contribution is -0.121. The number of hydrogen-bond acceptors (Lipinski definition) is 4. The van der Waals surface area contributed by atoms with Crippen LogP contribution in [0.2, 0.25) is 0 Å². The van der Waals surface area contributed by atoms with Crippen LogP contribution in [0.25, 0.3) is 10.2 Å². The molecular formula is C14H13NOS2. The predicted molar refractivity (Wildman–Crippen MR) is 75.1 cm³/mol. The molecule has 0 aliphatic heterocycles. The fraction of sp³-hybridized carbons (Fsp3) is 0.429. The van der Waals surface area contributed by atoms with Crippen molar-refractivity contribution < 1.29 is 4.79 Å². The van der Waals surface area contributed by atoms with Crippen LogP contribution in [0.3, 0.4) is 0 Å². The van der Waals surface area contributed by atoms with E-state index in [2.05, 4.69) is 11.1 Å². The van der Waals surface area contributed by atoms with E-state index in [0.717, 1.165) is 22.7 Å². The highest BCUT2D eigenvalue weighted by Crippen LogP contribution is 2.49. The maximum absolute atomic E-state index is 12.1. The summed E-state index contributed by atoms with van der Waals surface area (Å²) in [6.07, 6.45) is 3.49. The third-order valence-corrected chi connectivity index (χ3v) is 6.62. The van der Waals surface area contributed by atoms with Crippen molar-refractivity contribution in [3.8, 4) is 0 Å². The van der Waals surface area contributed by atoms with Gasteiger partial charge in [-0.25, -0.2) is 4.98 Å². The Morgan fingerprint density at radius 2 is 2.17 bits per heavy atom.